The van der Waals surface area contributed by atoms with E-state index in [0.717, 1.165) is 0 Å². The number of rotatable bonds is 5. The van der Waals surface area contributed by atoms with Gasteiger partial charge in [0.2, 0.25) is 0 Å². The van der Waals surface area contributed by atoms with Gasteiger partial charge in [0.1, 0.15) is 0 Å². The van der Waals surface area contributed by atoms with Gasteiger partial charge in [0, 0.05) is 5.41 Å². The second kappa shape index (κ2) is 6.00. The highest BCUT2D eigenvalue weighted by molar-refractivity contribution is 5.96. The van der Waals surface area contributed by atoms with Gasteiger partial charge in [-0.3, -0.25) is 9.59 Å². The van der Waals surface area contributed by atoms with Crippen molar-refractivity contribution in [3.8, 4) is 0 Å². The number of hydrogen-bond donors (Lipinski definition) is 1. The van der Waals surface area contributed by atoms with Crippen LogP contribution in [0.25, 0.3) is 0 Å². The summed E-state index contributed by atoms with van der Waals surface area (Å²) in [6, 6.07) is 0. The van der Waals surface area contributed by atoms with Gasteiger partial charge < -0.3 is 14.6 Å². The van der Waals surface area contributed by atoms with Crippen LogP contribution in [0.5, 0.6) is 0 Å². The fourth-order valence-corrected chi connectivity index (χ4v) is 1.45. The van der Waals surface area contributed by atoms with Crippen LogP contribution < -0.4 is 0 Å². The number of aliphatic hydroxyl groups is 1. The number of carbonyl (C=O) groups excluding carboxylic acids is 2. The first kappa shape index (κ1) is 16.6. The van der Waals surface area contributed by atoms with Crippen molar-refractivity contribution >= 4 is 11.9 Å². The average Bonchev–Trinajstić information content (AvgIpc) is 2.25. The maximum Gasteiger partial charge on any atom is 0.320 e. The second-order valence-electron chi connectivity index (χ2n) is 5.29. The molecule has 0 aromatic heterocycles. The summed E-state index contributed by atoms with van der Waals surface area (Å²) in [6.07, 6.45) is 3.15. The summed E-state index contributed by atoms with van der Waals surface area (Å²) in [5.41, 5.74) is -1.84. The molecule has 104 valence electrons. The SMILES string of the molecule is COC(=O)C(C(=O)OC)C(C)(C)/C=C/C(C)(C)O. The van der Waals surface area contributed by atoms with E-state index in [4.69, 9.17) is 0 Å². The fourth-order valence-electron chi connectivity index (χ4n) is 1.45. The third-order valence-corrected chi connectivity index (χ3v) is 2.54. The molecule has 5 heteroatoms. The van der Waals surface area contributed by atoms with Crippen molar-refractivity contribution in [1.29, 1.82) is 0 Å². The molecular formula is C13H22O5. The summed E-state index contributed by atoms with van der Waals surface area (Å²) in [5.74, 6) is -2.38. The Kier molecular flexibility index (Phi) is 5.55. The van der Waals surface area contributed by atoms with Gasteiger partial charge in [-0.2, -0.15) is 0 Å². The second-order valence-corrected chi connectivity index (χ2v) is 5.29. The molecule has 0 amide bonds. The zero-order valence-electron chi connectivity index (χ0n) is 11.8. The van der Waals surface area contributed by atoms with Crippen LogP contribution in [0.1, 0.15) is 27.7 Å². The van der Waals surface area contributed by atoms with Gasteiger partial charge in [-0.15, -0.1) is 0 Å². The first-order valence-corrected chi connectivity index (χ1v) is 5.63. The number of allylic oxidation sites excluding steroid dienone is 1. The highest BCUT2D eigenvalue weighted by Crippen LogP contribution is 2.31. The fraction of sp³-hybridized carbons (Fsp3) is 0.692. The van der Waals surface area contributed by atoms with Crippen LogP contribution in [0.2, 0.25) is 0 Å². The van der Waals surface area contributed by atoms with E-state index in [9.17, 15) is 14.7 Å². The van der Waals surface area contributed by atoms with E-state index in [2.05, 4.69) is 9.47 Å². The van der Waals surface area contributed by atoms with E-state index >= 15 is 0 Å². The lowest BCUT2D eigenvalue weighted by Gasteiger charge is -2.28. The molecule has 0 bridgehead atoms. The quantitative estimate of drug-likeness (QED) is 0.457. The third kappa shape index (κ3) is 4.87. The van der Waals surface area contributed by atoms with Crippen molar-refractivity contribution in [2.75, 3.05) is 14.2 Å². The molecule has 0 rings (SSSR count). The molecule has 1 N–H and O–H groups in total. The molecule has 0 radical (unpaired) electrons. The zero-order chi connectivity index (χ0) is 14.6. The first-order chi connectivity index (χ1) is 8.05. The van der Waals surface area contributed by atoms with E-state index in [1.54, 1.807) is 33.8 Å². The first-order valence-electron chi connectivity index (χ1n) is 5.63. The molecule has 0 atom stereocenters. The van der Waals surface area contributed by atoms with Crippen LogP contribution in [0.15, 0.2) is 12.2 Å². The number of hydrogen-bond acceptors (Lipinski definition) is 5. The summed E-state index contributed by atoms with van der Waals surface area (Å²) >= 11 is 0. The molecule has 0 saturated carbocycles. The van der Waals surface area contributed by atoms with E-state index < -0.39 is 28.9 Å². The predicted octanol–water partition coefficient (Wildman–Crippen LogP) is 1.30. The maximum atomic E-state index is 11.7. The summed E-state index contributed by atoms with van der Waals surface area (Å²) < 4.78 is 9.23. The molecule has 5 nitrogen and oxygen atoms in total. The van der Waals surface area contributed by atoms with Gasteiger partial charge in [0.25, 0.3) is 0 Å². The molecule has 0 aliphatic rings. The van der Waals surface area contributed by atoms with Crippen molar-refractivity contribution in [1.82, 2.24) is 0 Å². The van der Waals surface area contributed by atoms with Crippen molar-refractivity contribution in [2.45, 2.75) is 33.3 Å². The molecule has 0 fully saturated rings. The normalized spacial score (nSPS) is 12.9. The minimum Gasteiger partial charge on any atom is -0.468 e. The Hall–Kier alpha value is -1.36. The van der Waals surface area contributed by atoms with Crippen LogP contribution in [0, 0.1) is 11.3 Å². The van der Waals surface area contributed by atoms with E-state index in [-0.39, 0.29) is 0 Å². The summed E-state index contributed by atoms with van der Waals surface area (Å²) in [5, 5.41) is 9.64. The van der Waals surface area contributed by atoms with Crippen LogP contribution in [-0.2, 0) is 19.1 Å². The number of carbonyl (C=O) groups is 2. The standard InChI is InChI=1S/C13H22O5/c1-12(2,7-8-13(3,4)16)9(10(14)17-5)11(15)18-6/h7-9,16H,1-6H3/b8-7+. The zero-order valence-corrected chi connectivity index (χ0v) is 11.8. The summed E-state index contributed by atoms with van der Waals surface area (Å²) in [7, 11) is 2.43. The lowest BCUT2D eigenvalue weighted by atomic mass is 9.77. The molecule has 0 aromatic carbocycles. The van der Waals surface area contributed by atoms with Crippen LogP contribution >= 0.6 is 0 Å². The average molecular weight is 258 g/mol. The molecule has 0 aromatic rings. The van der Waals surface area contributed by atoms with Gasteiger partial charge in [-0.1, -0.05) is 26.0 Å². The topological polar surface area (TPSA) is 72.8 Å². The largest absolute Gasteiger partial charge is 0.468 e. The van der Waals surface area contributed by atoms with Gasteiger partial charge in [-0.25, -0.2) is 0 Å². The smallest absolute Gasteiger partial charge is 0.320 e. The molecule has 0 aliphatic heterocycles. The van der Waals surface area contributed by atoms with Crippen LogP contribution in [-0.4, -0.2) is 36.9 Å². The molecule has 0 unspecified atom stereocenters. The lowest BCUT2D eigenvalue weighted by Crippen LogP contribution is -2.38. The Morgan fingerprint density at radius 3 is 1.67 bits per heavy atom. The van der Waals surface area contributed by atoms with E-state index in [0.29, 0.717) is 0 Å². The monoisotopic (exact) mass is 258 g/mol. The van der Waals surface area contributed by atoms with E-state index in [1.807, 2.05) is 0 Å². The third-order valence-electron chi connectivity index (χ3n) is 2.54. The molecular weight excluding hydrogens is 236 g/mol. The number of methoxy groups -OCH3 is 2. The maximum absolute atomic E-state index is 11.7. The van der Waals surface area contributed by atoms with E-state index in [1.165, 1.54) is 20.3 Å². The molecule has 0 heterocycles. The van der Waals surface area contributed by atoms with Crippen molar-refractivity contribution in [2.24, 2.45) is 11.3 Å². The Bertz CT molecular complexity index is 320. The minimum absolute atomic E-state index is 0.660. The molecule has 18 heavy (non-hydrogen) atoms. The lowest BCUT2D eigenvalue weighted by molar-refractivity contribution is -0.163. The van der Waals surface area contributed by atoms with Crippen LogP contribution in [0.3, 0.4) is 0 Å². The van der Waals surface area contributed by atoms with Gasteiger partial charge in [-0.05, 0) is 13.8 Å². The number of esters is 2. The Labute approximate surface area is 108 Å². The van der Waals surface area contributed by atoms with Crippen molar-refractivity contribution in [3.63, 3.8) is 0 Å². The highest BCUT2D eigenvalue weighted by Gasteiger charge is 2.41. The van der Waals surface area contributed by atoms with Gasteiger partial charge in [0.15, 0.2) is 5.92 Å². The Morgan fingerprint density at radius 1 is 1.00 bits per heavy atom. The molecule has 0 spiro atoms. The van der Waals surface area contributed by atoms with Crippen molar-refractivity contribution < 1.29 is 24.2 Å². The summed E-state index contributed by atoms with van der Waals surface area (Å²) in [4.78, 5) is 23.3. The number of ether oxygens (including phenoxy) is 2. The molecule has 0 saturated heterocycles. The van der Waals surface area contributed by atoms with Crippen molar-refractivity contribution in [3.05, 3.63) is 12.2 Å². The van der Waals surface area contributed by atoms with Crippen LogP contribution in [0.4, 0.5) is 0 Å². The molecule has 0 aliphatic carbocycles. The van der Waals surface area contributed by atoms with Gasteiger partial charge in [0.05, 0.1) is 19.8 Å². The van der Waals surface area contributed by atoms with Gasteiger partial charge >= 0.3 is 11.9 Å². The Balaban J connectivity index is 5.27. The minimum atomic E-state index is -1.06. The Morgan fingerprint density at radius 2 is 1.39 bits per heavy atom. The highest BCUT2D eigenvalue weighted by atomic mass is 16.5. The summed E-state index contributed by atoms with van der Waals surface area (Å²) in [6.45, 7) is 6.61. The predicted molar refractivity (Wildman–Crippen MR) is 66.7 cm³/mol.